The van der Waals surface area contributed by atoms with E-state index in [0.29, 0.717) is 0 Å². The first-order chi connectivity index (χ1) is 33.2. The molecule has 8 amide bonds. The smallest absolute Gasteiger partial charge is 0.251 e. The summed E-state index contributed by atoms with van der Waals surface area (Å²) in [5.74, 6) is -4.24. The Labute approximate surface area is 411 Å². The van der Waals surface area contributed by atoms with Crippen LogP contribution in [0.15, 0.2) is 84.9 Å². The van der Waals surface area contributed by atoms with Crippen molar-refractivity contribution >= 4 is 47.3 Å². The third-order valence-corrected chi connectivity index (χ3v) is 13.3. The number of hydrogen-bond acceptors (Lipinski definition) is 10. The van der Waals surface area contributed by atoms with Crippen molar-refractivity contribution in [1.29, 1.82) is 0 Å². The van der Waals surface area contributed by atoms with Crippen LogP contribution in [0.3, 0.4) is 0 Å². The number of hydrogen-bond donors (Lipinski definition) is 8. The van der Waals surface area contributed by atoms with E-state index in [1.165, 1.54) is 15.9 Å². The van der Waals surface area contributed by atoms with Gasteiger partial charge in [0.1, 0.15) is 24.2 Å². The van der Waals surface area contributed by atoms with Crippen molar-refractivity contribution < 1.29 is 38.4 Å². The van der Waals surface area contributed by atoms with Crippen molar-refractivity contribution in [2.75, 3.05) is 27.2 Å². The van der Waals surface area contributed by atoms with Gasteiger partial charge in [0.2, 0.25) is 35.4 Å². The molecule has 0 spiro atoms. The van der Waals surface area contributed by atoms with Gasteiger partial charge in [0.05, 0.1) is 24.2 Å². The number of amides is 8. The molecule has 18 heteroatoms. The first kappa shape index (κ1) is 54.3. The molecule has 378 valence electrons. The molecule has 10 unspecified atom stereocenters. The molecule has 18 nitrogen and oxygen atoms in total. The summed E-state index contributed by atoms with van der Waals surface area (Å²) in [6, 6.07) is 17.7. The lowest BCUT2D eigenvalue weighted by Gasteiger charge is -2.31. The van der Waals surface area contributed by atoms with E-state index >= 15 is 0 Å². The maximum absolute atomic E-state index is 14.3. The average molecular weight is 965 g/mol. The van der Waals surface area contributed by atoms with Gasteiger partial charge >= 0.3 is 0 Å². The molecule has 2 aliphatic heterocycles. The second-order valence-corrected chi connectivity index (χ2v) is 19.2. The van der Waals surface area contributed by atoms with Crippen molar-refractivity contribution in [2.45, 2.75) is 129 Å². The first-order valence-electron chi connectivity index (χ1n) is 24.2. The van der Waals surface area contributed by atoms with Crippen molar-refractivity contribution in [3.8, 4) is 0 Å². The minimum Gasteiger partial charge on any atom is -0.348 e. The van der Waals surface area contributed by atoms with Gasteiger partial charge in [0.25, 0.3) is 11.8 Å². The molecule has 2 fully saturated rings. The van der Waals surface area contributed by atoms with Gasteiger partial charge in [-0.15, -0.1) is 0 Å². The summed E-state index contributed by atoms with van der Waals surface area (Å²) in [5.41, 5.74) is 2.02. The Morgan fingerprint density at radius 2 is 0.843 bits per heavy atom. The Kier molecular flexibility index (Phi) is 19.2. The molecule has 70 heavy (non-hydrogen) atoms. The summed E-state index contributed by atoms with van der Waals surface area (Å²) in [5, 5.41) is 23.4. The van der Waals surface area contributed by atoms with Gasteiger partial charge in [0.15, 0.2) is 0 Å². The lowest BCUT2D eigenvalue weighted by atomic mass is 10.0. The molecule has 0 aliphatic carbocycles. The van der Waals surface area contributed by atoms with Crippen LogP contribution in [-0.4, -0.2) is 133 Å². The van der Waals surface area contributed by atoms with E-state index in [1.807, 2.05) is 74.5 Å². The quantitative estimate of drug-likeness (QED) is 0.0823. The van der Waals surface area contributed by atoms with E-state index in [-0.39, 0.29) is 72.8 Å². The number of benzene rings is 3. The van der Waals surface area contributed by atoms with Crippen LogP contribution in [-0.2, 0) is 28.8 Å². The fraction of sp³-hybridized carbons (Fsp3) is 0.500. The van der Waals surface area contributed by atoms with Crippen molar-refractivity contribution in [3.63, 3.8) is 0 Å². The van der Waals surface area contributed by atoms with Crippen LogP contribution in [0.5, 0.6) is 0 Å². The van der Waals surface area contributed by atoms with Crippen LogP contribution >= 0.6 is 0 Å². The standard InChI is InChI=1S/C52H72N10O8/c1-29(2)43(59-45(63)33(7)53-9)51(69)61-27-39(25-41(61)49(67)55-31(5)35-18-13-11-14-19-35)57-47(65)37-22-17-23-38(24-37)48(66)58-40-26-42(50(68)56-32(6)36-20-15-12-16-21-36)62(28-40)52(70)44(30(3)4)60-46(64)34(8)54-10/h11-24,29-34,39-44,53-54H,25-28H2,1-10H3,(H,55,67)(H,56,68)(H,57,65)(H,58,66)(H,59,63)(H,60,64). The summed E-state index contributed by atoms with van der Waals surface area (Å²) >= 11 is 0. The maximum atomic E-state index is 14.3. The van der Waals surface area contributed by atoms with Crippen LogP contribution in [0.1, 0.15) is 112 Å². The van der Waals surface area contributed by atoms with Crippen molar-refractivity contribution in [2.24, 2.45) is 11.8 Å². The highest BCUT2D eigenvalue weighted by atomic mass is 16.2. The van der Waals surface area contributed by atoms with Gasteiger partial charge in [-0.05, 0) is 95.8 Å². The van der Waals surface area contributed by atoms with E-state index in [0.717, 1.165) is 11.1 Å². The zero-order valence-corrected chi connectivity index (χ0v) is 42.0. The van der Waals surface area contributed by atoms with Gasteiger partial charge < -0.3 is 52.3 Å². The molecule has 3 aromatic rings. The number of likely N-dealkylation sites (N-methyl/N-ethyl adjacent to an activating group) is 2. The van der Waals surface area contributed by atoms with Crippen LogP contribution < -0.4 is 42.5 Å². The third kappa shape index (κ3) is 13.8. The lowest BCUT2D eigenvalue weighted by molar-refractivity contribution is -0.142. The van der Waals surface area contributed by atoms with Crippen LogP contribution in [0.2, 0.25) is 0 Å². The van der Waals surface area contributed by atoms with Crippen LogP contribution in [0, 0.1) is 11.8 Å². The molecule has 0 bridgehead atoms. The fourth-order valence-electron chi connectivity index (χ4n) is 8.68. The van der Waals surface area contributed by atoms with Crippen LogP contribution in [0.4, 0.5) is 0 Å². The molecule has 2 aliphatic rings. The number of nitrogens with zero attached hydrogens (tertiary/aromatic N) is 2. The molecule has 5 rings (SSSR count). The average Bonchev–Trinajstić information content (AvgIpc) is 3.98. The largest absolute Gasteiger partial charge is 0.348 e. The predicted molar refractivity (Wildman–Crippen MR) is 266 cm³/mol. The maximum Gasteiger partial charge on any atom is 0.251 e. The van der Waals surface area contributed by atoms with Crippen molar-refractivity contribution in [3.05, 3.63) is 107 Å². The molecule has 8 N–H and O–H groups in total. The number of nitrogens with one attached hydrogen (secondary N) is 8. The molecule has 2 saturated heterocycles. The molecular weight excluding hydrogens is 893 g/mol. The molecule has 2 heterocycles. The Bertz CT molecular complexity index is 2170. The number of carbonyl (C=O) groups excluding carboxylic acids is 8. The Morgan fingerprint density at radius 3 is 1.17 bits per heavy atom. The topological polar surface area (TPSA) is 239 Å². The number of rotatable bonds is 20. The summed E-state index contributed by atoms with van der Waals surface area (Å²) in [6.07, 6.45) is 0.171. The lowest BCUT2D eigenvalue weighted by Crippen LogP contribution is -2.57. The van der Waals surface area contributed by atoms with Gasteiger partial charge in [-0.25, -0.2) is 0 Å². The minimum atomic E-state index is -0.977. The van der Waals surface area contributed by atoms with Crippen molar-refractivity contribution in [1.82, 2.24) is 52.3 Å². The monoisotopic (exact) mass is 965 g/mol. The Hall–Kier alpha value is -6.66. The van der Waals surface area contributed by atoms with Gasteiger partial charge in [-0.2, -0.15) is 0 Å². The third-order valence-electron chi connectivity index (χ3n) is 13.3. The SMILES string of the molecule is CNC(C)C(=O)NC(C(=O)N1CC(NC(=O)c2cccc(C(=O)NC3CC(C(=O)NC(C)c4ccccc4)N(C(=O)C(NC(=O)C(C)NC)C(C)C)C3)c2)CC1C(=O)NC(C)c1ccccc1)C(C)C. The summed E-state index contributed by atoms with van der Waals surface area (Å²) in [6.45, 7) is 14.2. The highest BCUT2D eigenvalue weighted by molar-refractivity contribution is 6.01. The van der Waals surface area contributed by atoms with E-state index in [4.69, 9.17) is 0 Å². The number of carbonyl (C=O) groups is 8. The first-order valence-corrected chi connectivity index (χ1v) is 24.2. The van der Waals surface area contributed by atoms with E-state index in [9.17, 15) is 38.4 Å². The molecule has 0 saturated carbocycles. The van der Waals surface area contributed by atoms with E-state index in [1.54, 1.807) is 73.8 Å². The van der Waals surface area contributed by atoms with Gasteiger partial charge in [-0.1, -0.05) is 94.4 Å². The highest BCUT2D eigenvalue weighted by Gasteiger charge is 2.45. The van der Waals surface area contributed by atoms with Gasteiger partial charge in [0, 0.05) is 36.3 Å². The zero-order chi connectivity index (χ0) is 51.4. The Morgan fingerprint density at radius 1 is 0.486 bits per heavy atom. The van der Waals surface area contributed by atoms with Gasteiger partial charge in [-0.3, -0.25) is 38.4 Å². The molecule has 3 aromatic carbocycles. The Balaban J connectivity index is 1.33. The number of likely N-dealkylation sites (tertiary alicyclic amines) is 2. The minimum absolute atomic E-state index is 0.0190. The summed E-state index contributed by atoms with van der Waals surface area (Å²) in [4.78, 5) is 113. The second kappa shape index (κ2) is 24.8. The summed E-state index contributed by atoms with van der Waals surface area (Å²) in [7, 11) is 3.28. The summed E-state index contributed by atoms with van der Waals surface area (Å²) < 4.78 is 0. The highest BCUT2D eigenvalue weighted by Crippen LogP contribution is 2.26. The normalized spacial score (nSPS) is 20.3. The van der Waals surface area contributed by atoms with E-state index in [2.05, 4.69) is 42.5 Å². The van der Waals surface area contributed by atoms with Crippen LogP contribution in [0.25, 0.3) is 0 Å². The molecule has 10 atom stereocenters. The molecule has 0 aromatic heterocycles. The predicted octanol–water partition coefficient (Wildman–Crippen LogP) is 2.34. The molecular formula is C52H72N10O8. The molecule has 0 radical (unpaired) electrons. The zero-order valence-electron chi connectivity index (χ0n) is 42.0. The second-order valence-electron chi connectivity index (χ2n) is 19.2. The fourth-order valence-corrected chi connectivity index (χ4v) is 8.68. The van der Waals surface area contributed by atoms with E-state index < -0.39 is 83.8 Å².